The van der Waals surface area contributed by atoms with Crippen molar-refractivity contribution in [3.05, 3.63) is 52.1 Å². The van der Waals surface area contributed by atoms with Crippen LogP contribution in [0.4, 0.5) is 0 Å². The molecule has 0 radical (unpaired) electrons. The Balaban J connectivity index is 1.47. The van der Waals surface area contributed by atoms with Crippen LogP contribution < -0.4 is 0 Å². The van der Waals surface area contributed by atoms with Gasteiger partial charge in [0.25, 0.3) is 0 Å². The Kier molecular flexibility index (Phi) is 7.11. The van der Waals surface area contributed by atoms with Gasteiger partial charge in [-0.3, -0.25) is 14.4 Å². The van der Waals surface area contributed by atoms with E-state index in [4.69, 9.17) is 14.2 Å². The number of carbonyl (C=O) groups excluding carboxylic acids is 3. The van der Waals surface area contributed by atoms with Gasteiger partial charge in [-0.05, 0) is 39.3 Å². The first-order valence-corrected chi connectivity index (χ1v) is 14.5. The van der Waals surface area contributed by atoms with Crippen LogP contribution in [0.2, 0.25) is 0 Å². The minimum atomic E-state index is -2.42. The summed E-state index contributed by atoms with van der Waals surface area (Å²) < 4.78 is 17.9. The molecule has 0 amide bonds. The number of Topliss-reactive ketones (excluding diaryl/α,β-unsaturated/α-hetero) is 3. The third-order valence-electron chi connectivity index (χ3n) is 9.46. The summed E-state index contributed by atoms with van der Waals surface area (Å²) in [5.41, 5.74) is -7.42. The summed E-state index contributed by atoms with van der Waals surface area (Å²) in [6.07, 6.45) is -4.75. The lowest BCUT2D eigenvalue weighted by atomic mass is 9.57. The summed E-state index contributed by atoms with van der Waals surface area (Å²) in [6.45, 7) is 4.56. The van der Waals surface area contributed by atoms with Crippen LogP contribution in [0.15, 0.2) is 35.4 Å². The summed E-state index contributed by atoms with van der Waals surface area (Å²) in [7, 11) is 0. The fourth-order valence-electron chi connectivity index (χ4n) is 7.25. The molecule has 0 spiro atoms. The predicted molar refractivity (Wildman–Crippen MR) is 146 cm³/mol. The van der Waals surface area contributed by atoms with Gasteiger partial charge in [0.2, 0.25) is 0 Å². The number of ketones is 3. The normalized spacial score (nSPS) is 42.9. The second kappa shape index (κ2) is 10.1. The fourth-order valence-corrected chi connectivity index (χ4v) is 7.25. The highest BCUT2D eigenvalue weighted by molar-refractivity contribution is 6.32. The second-order valence-corrected chi connectivity index (χ2v) is 12.7. The average molecular weight is 601 g/mol. The van der Waals surface area contributed by atoms with Gasteiger partial charge >= 0.3 is 0 Å². The van der Waals surface area contributed by atoms with Crippen molar-refractivity contribution in [1.82, 2.24) is 0 Å². The minimum Gasteiger partial charge on any atom is -0.507 e. The van der Waals surface area contributed by atoms with Crippen LogP contribution in [0, 0.1) is 0 Å². The largest absolute Gasteiger partial charge is 0.507 e. The van der Waals surface area contributed by atoms with Crippen LogP contribution >= 0.6 is 0 Å². The van der Waals surface area contributed by atoms with Crippen molar-refractivity contribution in [1.29, 1.82) is 0 Å². The molecule has 0 bridgehead atoms. The lowest BCUT2D eigenvalue weighted by Gasteiger charge is -2.55. The van der Waals surface area contributed by atoms with Gasteiger partial charge in [-0.15, -0.1) is 0 Å². The Labute approximate surface area is 247 Å². The number of rotatable bonds is 3. The van der Waals surface area contributed by atoms with E-state index in [1.807, 2.05) is 0 Å². The van der Waals surface area contributed by atoms with Crippen molar-refractivity contribution in [2.75, 3.05) is 0 Å². The number of fused-ring (bicyclic) bond motifs is 3. The molecule has 2 saturated heterocycles. The highest BCUT2D eigenvalue weighted by Crippen LogP contribution is 2.54. The van der Waals surface area contributed by atoms with E-state index in [2.05, 4.69) is 0 Å². The van der Waals surface area contributed by atoms with Gasteiger partial charge in [-0.2, -0.15) is 0 Å². The van der Waals surface area contributed by atoms with E-state index >= 15 is 0 Å². The molecule has 5 aliphatic rings. The van der Waals surface area contributed by atoms with Crippen LogP contribution in [-0.4, -0.2) is 102 Å². The Morgan fingerprint density at radius 2 is 1.67 bits per heavy atom. The van der Waals surface area contributed by atoms with Gasteiger partial charge in [0, 0.05) is 42.4 Å². The van der Waals surface area contributed by atoms with Crippen LogP contribution in [-0.2, 0) is 19.0 Å². The van der Waals surface area contributed by atoms with E-state index in [9.17, 15) is 45.0 Å². The van der Waals surface area contributed by atoms with E-state index in [-0.39, 0.29) is 41.5 Å². The number of ether oxygens (including phenoxy) is 3. The molecule has 2 heterocycles. The number of hydrogen-bond acceptors (Lipinski definition) is 12. The maximum atomic E-state index is 14.3. The number of aromatic hydroxyl groups is 1. The van der Waals surface area contributed by atoms with Gasteiger partial charge in [-0.1, -0.05) is 12.1 Å². The van der Waals surface area contributed by atoms with Gasteiger partial charge < -0.3 is 44.8 Å². The summed E-state index contributed by atoms with van der Waals surface area (Å²) in [4.78, 5) is 42.4. The summed E-state index contributed by atoms with van der Waals surface area (Å²) in [5.74, 6) is -2.99. The quantitative estimate of drug-likeness (QED) is 0.284. The van der Waals surface area contributed by atoms with Crippen LogP contribution in [0.3, 0.4) is 0 Å². The molecule has 1 aromatic carbocycles. The van der Waals surface area contributed by atoms with Crippen molar-refractivity contribution in [2.45, 2.75) is 113 Å². The van der Waals surface area contributed by atoms with E-state index in [1.54, 1.807) is 13.8 Å². The van der Waals surface area contributed by atoms with E-state index in [0.29, 0.717) is 0 Å². The molecule has 232 valence electrons. The highest BCUT2D eigenvalue weighted by Gasteiger charge is 2.68. The number of benzene rings is 1. The Bertz CT molecular complexity index is 1450. The van der Waals surface area contributed by atoms with Gasteiger partial charge in [0.15, 0.2) is 29.2 Å². The van der Waals surface area contributed by atoms with Crippen molar-refractivity contribution >= 4 is 17.3 Å². The first-order valence-electron chi connectivity index (χ1n) is 14.5. The first-order chi connectivity index (χ1) is 20.1. The maximum Gasteiger partial charge on any atom is 0.198 e. The zero-order valence-electron chi connectivity index (χ0n) is 24.0. The molecule has 12 heteroatoms. The Morgan fingerprint density at radius 1 is 0.953 bits per heavy atom. The number of aliphatic hydroxyl groups excluding tert-OH is 3. The molecule has 10 atom stereocenters. The molecule has 3 aliphatic carbocycles. The molecule has 1 saturated carbocycles. The number of aliphatic hydroxyl groups is 5. The molecule has 6 rings (SSSR count). The van der Waals surface area contributed by atoms with Crippen molar-refractivity contribution in [3.63, 3.8) is 0 Å². The van der Waals surface area contributed by atoms with Gasteiger partial charge in [-0.25, -0.2) is 0 Å². The fraction of sp³-hybridized carbons (Fsp3) is 0.581. The van der Waals surface area contributed by atoms with E-state index in [1.165, 1.54) is 31.2 Å². The zero-order valence-corrected chi connectivity index (χ0v) is 24.0. The monoisotopic (exact) mass is 600 g/mol. The molecule has 0 aromatic heterocycles. The van der Waals surface area contributed by atoms with E-state index < -0.39 is 101 Å². The number of carbonyl (C=O) groups is 3. The second-order valence-electron chi connectivity index (χ2n) is 12.7. The third kappa shape index (κ3) is 4.46. The summed E-state index contributed by atoms with van der Waals surface area (Å²) >= 11 is 0. The lowest BCUT2D eigenvalue weighted by Crippen LogP contribution is -2.71. The summed E-state index contributed by atoms with van der Waals surface area (Å²) in [6, 6.07) is 2.69. The molecule has 1 aromatic rings. The molecule has 2 aliphatic heterocycles. The molecule has 43 heavy (non-hydrogen) atoms. The number of phenolic OH excluding ortho intramolecular Hbond substituents is 1. The highest BCUT2D eigenvalue weighted by atomic mass is 16.7. The average Bonchev–Trinajstić information content (AvgIpc) is 2.91. The molecule has 6 N–H and O–H groups in total. The minimum absolute atomic E-state index is 0.0687. The van der Waals surface area contributed by atoms with Crippen molar-refractivity contribution in [3.8, 4) is 5.75 Å². The van der Waals surface area contributed by atoms with Crippen molar-refractivity contribution < 1.29 is 59.2 Å². The standard InChI is InChI=1S/C31H36O12/c1-13-18(32)6-7-22(42-13)43-31-21(34)11-29(3,39)12-30(31,40)9-8-17-24(31)28(38)16-5-4-15(26(36)23(16)27(17)37)20-10-19(33)25(35)14(2)41-20/h4-5,8-9,13-14,18-20,22,25,32-33,35-36,39-40H,6-7,10-12H2,1-3H3/t13?,14?,18?,19?,20?,22?,25?,29-,30-,31-/m0/s1. The van der Waals surface area contributed by atoms with Gasteiger partial charge in [0.05, 0.1) is 47.3 Å². The maximum absolute atomic E-state index is 14.3. The zero-order chi connectivity index (χ0) is 31.2. The SMILES string of the molecule is CC1OC(O[C@]23C(=O)C[C@](C)(O)C[C@@]2(O)C=CC2=C3C(=O)c3ccc(C4CC(O)C(O)C(C)O4)c(O)c3C2=O)CCC1O. The molecule has 7 unspecified atom stereocenters. The van der Waals surface area contributed by atoms with Crippen LogP contribution in [0.1, 0.15) is 85.3 Å². The lowest BCUT2D eigenvalue weighted by molar-refractivity contribution is -0.282. The smallest absolute Gasteiger partial charge is 0.198 e. The van der Waals surface area contributed by atoms with E-state index in [0.717, 1.165) is 0 Å². The number of phenols is 1. The van der Waals surface area contributed by atoms with Gasteiger partial charge in [0.1, 0.15) is 17.5 Å². The first kappa shape index (κ1) is 30.2. The molecule has 3 fully saturated rings. The summed E-state index contributed by atoms with van der Waals surface area (Å²) in [5, 5.41) is 64.7. The molecule has 12 nitrogen and oxygen atoms in total. The third-order valence-corrected chi connectivity index (χ3v) is 9.46. The Hall–Kier alpha value is -2.81. The van der Waals surface area contributed by atoms with Crippen LogP contribution in [0.25, 0.3) is 0 Å². The predicted octanol–water partition coefficient (Wildman–Crippen LogP) is 0.696. The van der Waals surface area contributed by atoms with Crippen molar-refractivity contribution in [2.24, 2.45) is 0 Å². The number of allylic oxidation sites excluding steroid dienone is 2. The number of hydrogen-bond donors (Lipinski definition) is 6. The molecular weight excluding hydrogens is 564 g/mol. The topological polar surface area (TPSA) is 200 Å². The van der Waals surface area contributed by atoms with Crippen LogP contribution in [0.5, 0.6) is 5.75 Å². The molecular formula is C31H36O12. The Morgan fingerprint density at radius 3 is 2.35 bits per heavy atom.